The predicted molar refractivity (Wildman–Crippen MR) is 234 cm³/mol. The van der Waals surface area contributed by atoms with Crippen molar-refractivity contribution >= 4 is 46.2 Å². The SMILES string of the molecule is C1CCOC1.CC(=O)c1ccc(F)c(C(F)(F)F)c1.CC(C)(N)c1ccc(F)c(C(F)(F)F)c1.CC(C)(N=[N+]=[N-])c1ccc(F)c(C(F)(F)F)c1.CC(C)(O)c1ccc(F)c(C(F)(F)F)c1.[AlH3].[Br-].[CH3-].[H-].[Li+].[Mg+2]. The van der Waals surface area contributed by atoms with Gasteiger partial charge in [0.05, 0.1) is 33.4 Å². The number of rotatable bonds is 5. The Morgan fingerprint density at radius 3 is 1.20 bits per heavy atom. The first-order valence-corrected chi connectivity index (χ1v) is 18.9. The number of hydrogen-bond acceptors (Lipinski definition) is 5. The second-order valence-corrected chi connectivity index (χ2v) is 15.7. The normalized spacial score (nSPS) is 12.4. The number of aliphatic hydroxyl groups is 1. The molecule has 4 aromatic carbocycles. The van der Waals surface area contributed by atoms with Crippen LogP contribution in [0.4, 0.5) is 70.2 Å². The van der Waals surface area contributed by atoms with E-state index in [9.17, 15) is 80.1 Å². The Hall–Kier alpha value is -3.00. The molecule has 1 saturated heterocycles. The van der Waals surface area contributed by atoms with Crippen molar-refractivity contribution in [2.24, 2.45) is 10.8 Å². The molecule has 5 rings (SSSR count). The summed E-state index contributed by atoms with van der Waals surface area (Å²) in [6.45, 7) is 11.8. The average Bonchev–Trinajstić information content (AvgIpc) is 3.74. The summed E-state index contributed by atoms with van der Waals surface area (Å²) in [7, 11) is 0. The van der Waals surface area contributed by atoms with Crippen LogP contribution in [0.2, 0.25) is 0 Å². The summed E-state index contributed by atoms with van der Waals surface area (Å²) in [6, 6.07) is 9.95. The number of alkyl halides is 12. The maximum Gasteiger partial charge on any atom is 2.00 e. The van der Waals surface area contributed by atoms with Crippen molar-refractivity contribution in [1.82, 2.24) is 0 Å². The van der Waals surface area contributed by atoms with Crippen LogP contribution in [-0.2, 0) is 46.1 Å². The number of hydrogen-bond donors (Lipinski definition) is 2. The third kappa shape index (κ3) is 26.2. The van der Waals surface area contributed by atoms with Crippen LogP contribution in [0.1, 0.15) is 112 Å². The summed E-state index contributed by atoms with van der Waals surface area (Å²) >= 11 is 0. The fraction of sp³-hybridized carbons (Fsp3) is 0.409. The van der Waals surface area contributed by atoms with E-state index in [2.05, 4.69) is 10.0 Å². The van der Waals surface area contributed by atoms with Gasteiger partial charge in [0.15, 0.2) is 23.1 Å². The molecule has 71 heavy (non-hydrogen) atoms. The van der Waals surface area contributed by atoms with E-state index in [0.29, 0.717) is 36.4 Å². The van der Waals surface area contributed by atoms with Crippen molar-refractivity contribution < 1.29 is 122 Å². The molecule has 0 atom stereocenters. The summed E-state index contributed by atoms with van der Waals surface area (Å²) in [4.78, 5) is 13.3. The van der Waals surface area contributed by atoms with E-state index in [-0.39, 0.29) is 107 Å². The monoisotopic (exact) mass is 1120 g/mol. The Morgan fingerprint density at radius 2 is 0.915 bits per heavy atom. The zero-order valence-electron chi connectivity index (χ0n) is 40.1. The molecule has 0 saturated carbocycles. The van der Waals surface area contributed by atoms with Crippen LogP contribution in [-0.4, -0.2) is 64.5 Å². The Labute approximate surface area is 451 Å². The summed E-state index contributed by atoms with van der Waals surface area (Å²) in [6.07, 6.45) is -16.4. The molecule has 0 bridgehead atoms. The first kappa shape index (κ1) is 76.9. The summed E-state index contributed by atoms with van der Waals surface area (Å²) in [5.74, 6) is -5.87. The van der Waals surface area contributed by atoms with E-state index in [4.69, 9.17) is 16.0 Å². The molecule has 1 heterocycles. The van der Waals surface area contributed by atoms with Crippen LogP contribution in [0.25, 0.3) is 10.4 Å². The summed E-state index contributed by atoms with van der Waals surface area (Å²) < 4.78 is 204. The molecule has 0 amide bonds. The zero-order chi connectivity index (χ0) is 51.4. The number of ketones is 1. The van der Waals surface area contributed by atoms with Gasteiger partial charge in [-0.3, -0.25) is 4.79 Å². The van der Waals surface area contributed by atoms with Crippen LogP contribution < -0.4 is 41.6 Å². The van der Waals surface area contributed by atoms with Gasteiger partial charge in [0.25, 0.3) is 0 Å². The fourth-order valence-electron chi connectivity index (χ4n) is 5.03. The second kappa shape index (κ2) is 31.0. The summed E-state index contributed by atoms with van der Waals surface area (Å²) in [5.41, 5.74) is 5.23. The molecule has 0 unspecified atom stereocenters. The van der Waals surface area contributed by atoms with Gasteiger partial charge in [0.2, 0.25) is 0 Å². The molecule has 0 radical (unpaired) electrons. The van der Waals surface area contributed by atoms with E-state index in [1.54, 1.807) is 13.8 Å². The molecule has 390 valence electrons. The minimum Gasteiger partial charge on any atom is -1.00 e. The number of nitrogens with two attached hydrogens (primary N) is 1. The van der Waals surface area contributed by atoms with Crippen molar-refractivity contribution in [3.63, 3.8) is 0 Å². The quantitative estimate of drug-likeness (QED) is 0.0413. The van der Waals surface area contributed by atoms with Gasteiger partial charge in [-0.2, -0.15) is 52.7 Å². The van der Waals surface area contributed by atoms with Crippen molar-refractivity contribution in [2.75, 3.05) is 13.2 Å². The molecule has 0 spiro atoms. The molecule has 4 aromatic rings. The maximum atomic E-state index is 13.0. The van der Waals surface area contributed by atoms with Gasteiger partial charge in [-0.25, -0.2) is 17.6 Å². The predicted octanol–water partition coefficient (Wildman–Crippen LogP) is 7.35. The zero-order valence-corrected chi connectivity index (χ0v) is 42.1. The second-order valence-electron chi connectivity index (χ2n) is 15.7. The Morgan fingerprint density at radius 1 is 0.620 bits per heavy atom. The van der Waals surface area contributed by atoms with E-state index in [1.807, 2.05) is 0 Å². The minimum absolute atomic E-state index is 0. The Kier molecular flexibility index (Phi) is 33.6. The maximum absolute atomic E-state index is 13.0. The number of carbonyl (C=O) groups is 1. The third-order valence-corrected chi connectivity index (χ3v) is 8.77. The number of nitrogens with zero attached hydrogens (tertiary/aromatic N) is 3. The number of ether oxygens (including phenoxy) is 1. The molecule has 27 heteroatoms. The Bertz CT molecular complexity index is 2240. The fourth-order valence-corrected chi connectivity index (χ4v) is 5.03. The standard InChI is InChI=1S/C10H9F4N3.C10H11F4N.C10H10F4O.C9H6F4O.C4H8O.CH3.Al.BrH.Li.Mg.4H/c1-9(2,16-17-15)6-3-4-8(11)7(5-6)10(12,13)14;2*1-9(2,15)6-3-4-8(11)7(5-6)10(12,13)14;1-5(14)6-2-3-8(10)7(4-6)9(11,12)13;1-2-4-5-3-1;;;;;;;;;/h3-5H,1-2H3;3-5H,15H2,1-2H3;3-5,15H,1-2H3;2-4H,1H3;1-4H2;1H3;;1H;;;;;;/q;;;;;-1;;;+1;+2;;;;-1/p-1. The number of Topliss-reactive ketones (excluding diaryl/α,β-unsaturated/α-hetero) is 1. The van der Waals surface area contributed by atoms with Gasteiger partial charge in [-0.1, -0.05) is 37.2 Å². The molecule has 0 aliphatic carbocycles. The first-order valence-electron chi connectivity index (χ1n) is 18.9. The topological polar surface area (TPSA) is 121 Å². The molecule has 1 fully saturated rings. The van der Waals surface area contributed by atoms with E-state index in [0.717, 1.165) is 44.4 Å². The molecule has 7 nitrogen and oxygen atoms in total. The van der Waals surface area contributed by atoms with Gasteiger partial charge < -0.3 is 41.4 Å². The van der Waals surface area contributed by atoms with Crippen molar-refractivity contribution in [1.29, 1.82) is 0 Å². The number of carbonyl (C=O) groups excluding carboxylic acids is 1. The molecule has 0 aromatic heterocycles. The first-order chi connectivity index (χ1) is 29.7. The molecular formula is C44H51AlBrF16LiMgN4O3. The van der Waals surface area contributed by atoms with Gasteiger partial charge in [-0.15, -0.1) is 0 Å². The third-order valence-electron chi connectivity index (χ3n) is 8.77. The minimum atomic E-state index is -4.77. The van der Waals surface area contributed by atoms with E-state index in [1.165, 1.54) is 52.7 Å². The van der Waals surface area contributed by atoms with Crippen LogP contribution in [0, 0.1) is 30.7 Å². The number of halogens is 17. The number of benzene rings is 4. The van der Waals surface area contributed by atoms with Gasteiger partial charge in [0.1, 0.15) is 23.3 Å². The molecule has 3 N–H and O–H groups in total. The average molecular weight is 1130 g/mol. The van der Waals surface area contributed by atoms with Gasteiger partial charge in [0, 0.05) is 29.2 Å². The van der Waals surface area contributed by atoms with Crippen molar-refractivity contribution in [3.05, 3.63) is 158 Å². The van der Waals surface area contributed by atoms with Crippen molar-refractivity contribution in [3.8, 4) is 0 Å². The van der Waals surface area contributed by atoms with Crippen molar-refractivity contribution in [2.45, 2.75) is 103 Å². The molecule has 1 aliphatic heterocycles. The van der Waals surface area contributed by atoms with Crippen LogP contribution in [0.5, 0.6) is 0 Å². The smallest absolute Gasteiger partial charge is 1.00 e. The van der Waals surface area contributed by atoms with Crippen LogP contribution in [0.3, 0.4) is 0 Å². The van der Waals surface area contributed by atoms with Crippen LogP contribution in [0.15, 0.2) is 77.9 Å². The number of azide groups is 1. The van der Waals surface area contributed by atoms with E-state index >= 15 is 0 Å². The Balaban J connectivity index is -0.000000190. The van der Waals surface area contributed by atoms with Crippen LogP contribution >= 0.6 is 0 Å². The van der Waals surface area contributed by atoms with Gasteiger partial charge >= 0.3 is 66.6 Å². The van der Waals surface area contributed by atoms with E-state index < -0.39 is 92.7 Å². The largest absolute Gasteiger partial charge is 2.00 e. The molecule has 1 aliphatic rings. The van der Waals surface area contributed by atoms with Gasteiger partial charge in [-0.05, 0) is 124 Å². The molecular weight excluding hydrogens is 1070 g/mol. The summed E-state index contributed by atoms with van der Waals surface area (Å²) in [5, 5.41) is 12.9.